The van der Waals surface area contributed by atoms with Crippen molar-refractivity contribution < 1.29 is 14.3 Å². The first kappa shape index (κ1) is 24.8. The quantitative estimate of drug-likeness (QED) is 0.504. The molecule has 0 aromatic heterocycles. The van der Waals surface area contributed by atoms with Crippen LogP contribution in [0.25, 0.3) is 0 Å². The van der Waals surface area contributed by atoms with Crippen molar-refractivity contribution in [2.24, 2.45) is 5.92 Å². The number of unbranched alkanes of at least 4 members (excludes halogenated alkanes) is 1. The van der Waals surface area contributed by atoms with Crippen LogP contribution >= 0.6 is 0 Å². The third-order valence-corrected chi connectivity index (χ3v) is 6.05. The molecule has 1 fully saturated rings. The Labute approximate surface area is 197 Å². The second-order valence-electron chi connectivity index (χ2n) is 8.99. The minimum Gasteiger partial charge on any atom is -0.445 e. The lowest BCUT2D eigenvalue weighted by atomic mass is 10.0. The van der Waals surface area contributed by atoms with Gasteiger partial charge in [-0.3, -0.25) is 4.79 Å². The normalized spacial score (nSPS) is 17.2. The van der Waals surface area contributed by atoms with Crippen LogP contribution in [0.5, 0.6) is 0 Å². The van der Waals surface area contributed by atoms with Gasteiger partial charge in [0.25, 0.3) is 0 Å². The molecular weight excluding hydrogens is 414 g/mol. The molecule has 33 heavy (non-hydrogen) atoms. The first-order chi connectivity index (χ1) is 16.1. The summed E-state index contributed by atoms with van der Waals surface area (Å²) in [6, 6.07) is 18.5. The van der Waals surface area contributed by atoms with Crippen LogP contribution in [-0.4, -0.2) is 49.1 Å². The summed E-state index contributed by atoms with van der Waals surface area (Å²) in [5.74, 6) is 0.604. The van der Waals surface area contributed by atoms with Gasteiger partial charge in [-0.05, 0) is 55.8 Å². The van der Waals surface area contributed by atoms with Gasteiger partial charge in [-0.1, -0.05) is 67.6 Å². The van der Waals surface area contributed by atoms with Crippen LogP contribution in [0, 0.1) is 5.92 Å². The third-order valence-electron chi connectivity index (χ3n) is 6.05. The van der Waals surface area contributed by atoms with Crippen molar-refractivity contribution in [1.82, 2.24) is 15.5 Å². The van der Waals surface area contributed by atoms with E-state index in [2.05, 4.69) is 22.5 Å². The van der Waals surface area contributed by atoms with Crippen molar-refractivity contribution in [2.45, 2.75) is 51.7 Å². The Morgan fingerprint density at radius 3 is 2.42 bits per heavy atom. The fraction of sp³-hybridized carbons (Fsp3) is 0.481. The van der Waals surface area contributed by atoms with Crippen molar-refractivity contribution in [3.8, 4) is 0 Å². The van der Waals surface area contributed by atoms with Gasteiger partial charge in [-0.25, -0.2) is 4.79 Å². The molecular formula is C27H37N3O3. The Morgan fingerprint density at radius 1 is 1.03 bits per heavy atom. The molecule has 2 N–H and O–H groups in total. The van der Waals surface area contributed by atoms with Gasteiger partial charge in [0.15, 0.2) is 0 Å². The molecule has 2 atom stereocenters. The Balaban J connectivity index is 1.44. The van der Waals surface area contributed by atoms with Gasteiger partial charge in [0.05, 0.1) is 0 Å². The zero-order valence-corrected chi connectivity index (χ0v) is 19.7. The molecule has 2 amide bonds. The molecule has 3 rings (SSSR count). The van der Waals surface area contributed by atoms with Gasteiger partial charge in [0.2, 0.25) is 5.91 Å². The first-order valence-electron chi connectivity index (χ1n) is 12.1. The van der Waals surface area contributed by atoms with Crippen molar-refractivity contribution in [1.29, 1.82) is 0 Å². The Morgan fingerprint density at radius 2 is 1.73 bits per heavy atom. The number of amides is 2. The number of nitrogens with zero attached hydrogens (tertiary/aromatic N) is 1. The first-order valence-corrected chi connectivity index (χ1v) is 12.1. The van der Waals surface area contributed by atoms with E-state index in [9.17, 15) is 9.59 Å². The monoisotopic (exact) mass is 451 g/mol. The molecule has 2 aromatic carbocycles. The number of likely N-dealkylation sites (tertiary alicyclic amines) is 1. The molecule has 2 unspecified atom stereocenters. The van der Waals surface area contributed by atoms with E-state index in [1.165, 1.54) is 25.9 Å². The van der Waals surface area contributed by atoms with E-state index in [4.69, 9.17) is 4.74 Å². The van der Waals surface area contributed by atoms with Gasteiger partial charge in [-0.15, -0.1) is 0 Å². The topological polar surface area (TPSA) is 70.7 Å². The largest absolute Gasteiger partial charge is 0.445 e. The number of carbonyl (C=O) groups excluding carboxylic acids is 2. The van der Waals surface area contributed by atoms with Gasteiger partial charge in [0, 0.05) is 19.5 Å². The summed E-state index contributed by atoms with van der Waals surface area (Å²) in [4.78, 5) is 27.8. The second-order valence-corrected chi connectivity index (χ2v) is 8.99. The van der Waals surface area contributed by atoms with Crippen molar-refractivity contribution in [2.75, 3.05) is 26.2 Å². The van der Waals surface area contributed by atoms with Crippen molar-refractivity contribution >= 4 is 12.0 Å². The number of rotatable bonds is 11. The fourth-order valence-electron chi connectivity index (χ4n) is 4.25. The Hall–Kier alpha value is -2.86. The van der Waals surface area contributed by atoms with E-state index in [-0.39, 0.29) is 12.5 Å². The van der Waals surface area contributed by atoms with Crippen LogP contribution in [0.15, 0.2) is 60.7 Å². The predicted molar refractivity (Wildman–Crippen MR) is 131 cm³/mol. The maximum atomic E-state index is 12.9. The number of alkyl carbamates (subject to hydrolysis) is 1. The second kappa shape index (κ2) is 13.6. The highest BCUT2D eigenvalue weighted by Crippen LogP contribution is 2.15. The molecule has 1 saturated heterocycles. The van der Waals surface area contributed by atoms with E-state index in [0.29, 0.717) is 13.0 Å². The van der Waals surface area contributed by atoms with Gasteiger partial charge < -0.3 is 20.3 Å². The Bertz CT molecular complexity index is 844. The molecule has 0 spiro atoms. The predicted octanol–water partition coefficient (Wildman–Crippen LogP) is 4.15. The number of ether oxygens (including phenoxy) is 1. The van der Waals surface area contributed by atoms with Crippen LogP contribution in [0.3, 0.4) is 0 Å². The zero-order chi connectivity index (χ0) is 23.3. The van der Waals surface area contributed by atoms with Crippen molar-refractivity contribution in [3.05, 3.63) is 71.8 Å². The minimum absolute atomic E-state index is 0.168. The third kappa shape index (κ3) is 9.26. The van der Waals surface area contributed by atoms with E-state index in [1.54, 1.807) is 0 Å². The van der Waals surface area contributed by atoms with Crippen LogP contribution in [0.1, 0.15) is 43.7 Å². The minimum atomic E-state index is -0.682. The zero-order valence-electron chi connectivity index (χ0n) is 19.7. The molecule has 2 aromatic rings. The van der Waals surface area contributed by atoms with Gasteiger partial charge in [0.1, 0.15) is 12.6 Å². The standard InChI is InChI=1S/C27H37N3O3/c1-22-11-10-18-30(20-22)17-9-8-16-28-26(31)25(19-23-12-4-2-5-13-23)29-27(32)33-21-24-14-6-3-7-15-24/h2-7,12-15,22,25H,8-11,16-21H2,1H3,(H,28,31)(H,29,32). The van der Waals surface area contributed by atoms with Crippen LogP contribution in [0.2, 0.25) is 0 Å². The molecule has 1 aliphatic rings. The molecule has 1 aliphatic heterocycles. The molecule has 0 aliphatic carbocycles. The summed E-state index contributed by atoms with van der Waals surface area (Å²) in [5.41, 5.74) is 1.89. The van der Waals surface area contributed by atoms with Crippen LogP contribution in [0.4, 0.5) is 4.79 Å². The molecule has 178 valence electrons. The van der Waals surface area contributed by atoms with Gasteiger partial charge >= 0.3 is 6.09 Å². The maximum Gasteiger partial charge on any atom is 0.408 e. The summed E-state index contributed by atoms with van der Waals surface area (Å²) in [5, 5.41) is 5.75. The molecule has 0 saturated carbocycles. The smallest absolute Gasteiger partial charge is 0.408 e. The highest BCUT2D eigenvalue weighted by Gasteiger charge is 2.22. The van der Waals surface area contributed by atoms with Crippen LogP contribution < -0.4 is 10.6 Å². The maximum absolute atomic E-state index is 12.9. The number of hydrogen-bond donors (Lipinski definition) is 2. The average Bonchev–Trinajstić information content (AvgIpc) is 2.83. The van der Waals surface area contributed by atoms with Gasteiger partial charge in [-0.2, -0.15) is 0 Å². The lowest BCUT2D eigenvalue weighted by Crippen LogP contribution is -2.48. The number of carbonyl (C=O) groups is 2. The van der Waals surface area contributed by atoms with E-state index >= 15 is 0 Å². The number of hydrogen-bond acceptors (Lipinski definition) is 4. The fourth-order valence-corrected chi connectivity index (χ4v) is 4.25. The summed E-state index contributed by atoms with van der Waals surface area (Å²) >= 11 is 0. The SMILES string of the molecule is CC1CCCN(CCCCNC(=O)C(Cc2ccccc2)NC(=O)OCc2ccccc2)C1. The van der Waals surface area contributed by atoms with Crippen LogP contribution in [-0.2, 0) is 22.6 Å². The Kier molecular flexibility index (Phi) is 10.2. The lowest BCUT2D eigenvalue weighted by molar-refractivity contribution is -0.123. The molecule has 0 bridgehead atoms. The summed E-state index contributed by atoms with van der Waals surface area (Å²) in [7, 11) is 0. The molecule has 6 heteroatoms. The number of benzene rings is 2. The average molecular weight is 452 g/mol. The lowest BCUT2D eigenvalue weighted by Gasteiger charge is -2.30. The highest BCUT2D eigenvalue weighted by atomic mass is 16.5. The van der Waals surface area contributed by atoms with E-state index in [0.717, 1.165) is 36.4 Å². The summed E-state index contributed by atoms with van der Waals surface area (Å²) in [6.07, 6.45) is 4.42. The molecule has 6 nitrogen and oxygen atoms in total. The summed E-state index contributed by atoms with van der Waals surface area (Å²) < 4.78 is 5.33. The highest BCUT2D eigenvalue weighted by molar-refractivity contribution is 5.85. The van der Waals surface area contributed by atoms with E-state index in [1.807, 2.05) is 60.7 Å². The molecule has 1 heterocycles. The number of nitrogens with one attached hydrogen (secondary N) is 2. The summed E-state index contributed by atoms with van der Waals surface area (Å²) in [6.45, 7) is 6.54. The number of piperidine rings is 1. The van der Waals surface area contributed by atoms with E-state index < -0.39 is 12.1 Å². The van der Waals surface area contributed by atoms with Crippen molar-refractivity contribution in [3.63, 3.8) is 0 Å². The molecule has 0 radical (unpaired) electrons.